The van der Waals surface area contributed by atoms with E-state index >= 15 is 0 Å². The molecule has 1 aromatic carbocycles. The van der Waals surface area contributed by atoms with Gasteiger partial charge in [0.05, 0.1) is 24.6 Å². The Morgan fingerprint density at radius 2 is 1.71 bits per heavy atom. The van der Waals surface area contributed by atoms with Gasteiger partial charge in [-0.15, -0.1) is 24.8 Å². The quantitative estimate of drug-likeness (QED) is 0.596. The van der Waals surface area contributed by atoms with Crippen LogP contribution in [-0.4, -0.2) is 35.6 Å². The summed E-state index contributed by atoms with van der Waals surface area (Å²) >= 11 is 0. The van der Waals surface area contributed by atoms with Crippen LogP contribution in [0.4, 0.5) is 0 Å². The van der Waals surface area contributed by atoms with E-state index in [1.54, 1.807) is 0 Å². The van der Waals surface area contributed by atoms with E-state index in [0.29, 0.717) is 13.2 Å². The fourth-order valence-electron chi connectivity index (χ4n) is 3.60. The van der Waals surface area contributed by atoms with Crippen LogP contribution in [0.2, 0.25) is 0 Å². The zero-order chi connectivity index (χ0) is 18.5. The van der Waals surface area contributed by atoms with Crippen LogP contribution < -0.4 is 4.74 Å². The Morgan fingerprint density at radius 3 is 2.36 bits per heavy atom. The van der Waals surface area contributed by atoms with Crippen LogP contribution >= 0.6 is 24.8 Å². The predicted molar refractivity (Wildman–Crippen MR) is 119 cm³/mol. The van der Waals surface area contributed by atoms with E-state index in [2.05, 4.69) is 49.9 Å². The van der Waals surface area contributed by atoms with E-state index in [0.717, 1.165) is 43.2 Å². The Morgan fingerprint density at radius 1 is 1.07 bits per heavy atom. The van der Waals surface area contributed by atoms with Crippen molar-refractivity contribution in [1.29, 1.82) is 0 Å². The maximum Gasteiger partial charge on any atom is 0.146 e. The molecule has 0 radical (unpaired) electrons. The summed E-state index contributed by atoms with van der Waals surface area (Å²) in [5.74, 6) is 0.925. The number of benzene rings is 1. The van der Waals surface area contributed by atoms with Crippen molar-refractivity contribution < 1.29 is 9.47 Å². The van der Waals surface area contributed by atoms with Gasteiger partial charge in [0.2, 0.25) is 0 Å². The van der Waals surface area contributed by atoms with Crippen molar-refractivity contribution in [2.24, 2.45) is 0 Å². The smallest absolute Gasteiger partial charge is 0.146 e. The molecule has 4 nitrogen and oxygen atoms in total. The van der Waals surface area contributed by atoms with Crippen LogP contribution in [0.15, 0.2) is 30.3 Å². The summed E-state index contributed by atoms with van der Waals surface area (Å²) in [7, 11) is 0. The first kappa shape index (κ1) is 24.7. The molecule has 156 valence electrons. The third-order valence-electron chi connectivity index (χ3n) is 5.05. The van der Waals surface area contributed by atoms with Crippen molar-refractivity contribution in [3.8, 4) is 5.75 Å². The molecule has 0 N–H and O–H groups in total. The van der Waals surface area contributed by atoms with E-state index < -0.39 is 0 Å². The first-order valence-electron chi connectivity index (χ1n) is 9.64. The van der Waals surface area contributed by atoms with Gasteiger partial charge in [0, 0.05) is 24.1 Å². The van der Waals surface area contributed by atoms with Crippen LogP contribution in [0.25, 0.3) is 0 Å². The molecule has 0 spiro atoms. The number of pyridine rings is 1. The number of likely N-dealkylation sites (N-methyl/N-ethyl adjacent to an activating group) is 1. The van der Waals surface area contributed by atoms with E-state index in [4.69, 9.17) is 14.5 Å². The zero-order valence-electron chi connectivity index (χ0n) is 17.2. The second-order valence-corrected chi connectivity index (χ2v) is 7.00. The Labute approximate surface area is 181 Å². The van der Waals surface area contributed by atoms with Gasteiger partial charge < -0.3 is 14.4 Å². The van der Waals surface area contributed by atoms with Crippen molar-refractivity contribution >= 4 is 24.8 Å². The molecular formula is C22H32Cl2N2O2. The molecule has 1 aliphatic heterocycles. The molecule has 3 rings (SSSR count). The summed E-state index contributed by atoms with van der Waals surface area (Å²) in [4.78, 5) is 7.28. The minimum atomic E-state index is 0. The molecular weight excluding hydrogens is 395 g/mol. The molecule has 0 saturated carbocycles. The molecule has 28 heavy (non-hydrogen) atoms. The van der Waals surface area contributed by atoms with Gasteiger partial charge in [-0.25, -0.2) is 0 Å². The molecule has 2 aromatic rings. The number of halogens is 2. The maximum absolute atomic E-state index is 6.34. The van der Waals surface area contributed by atoms with Gasteiger partial charge in [-0.1, -0.05) is 44.2 Å². The largest absolute Gasteiger partial charge is 0.487 e. The van der Waals surface area contributed by atoms with Gasteiger partial charge in [0.15, 0.2) is 0 Å². The van der Waals surface area contributed by atoms with Crippen LogP contribution in [-0.2, 0) is 24.4 Å². The van der Waals surface area contributed by atoms with Gasteiger partial charge in [-0.2, -0.15) is 0 Å². The Kier molecular flexibility index (Phi) is 10.3. The number of hydrogen-bond acceptors (Lipinski definition) is 4. The Balaban J connectivity index is 0.00000196. The third kappa shape index (κ3) is 5.84. The molecule has 1 unspecified atom stereocenters. The topological polar surface area (TPSA) is 34.6 Å². The molecule has 0 aliphatic carbocycles. The van der Waals surface area contributed by atoms with Gasteiger partial charge >= 0.3 is 0 Å². The average molecular weight is 427 g/mol. The predicted octanol–water partition coefficient (Wildman–Crippen LogP) is 4.96. The standard InChI is InChI=1S/C22H30N2O2.2ClH/c1-5-24(6-2)13-16(3)26-22-17(4)23-21(19-14-25-15-20(19)22)12-18-10-8-7-9-11-18;;/h7-11,16H,5-6,12-15H2,1-4H3;2*1H. The Bertz CT molecular complexity index is 737. The molecule has 0 saturated heterocycles. The van der Waals surface area contributed by atoms with Crippen LogP contribution in [0.3, 0.4) is 0 Å². The monoisotopic (exact) mass is 426 g/mol. The number of aromatic nitrogens is 1. The fraction of sp³-hybridized carbons (Fsp3) is 0.500. The number of nitrogens with zero attached hydrogens (tertiary/aromatic N) is 2. The summed E-state index contributed by atoms with van der Waals surface area (Å²) < 4.78 is 12.1. The first-order valence-corrected chi connectivity index (χ1v) is 9.64. The van der Waals surface area contributed by atoms with E-state index in [1.165, 1.54) is 16.7 Å². The molecule has 1 atom stereocenters. The normalized spacial score (nSPS) is 13.5. The number of rotatable bonds is 8. The van der Waals surface area contributed by atoms with Crippen molar-refractivity contribution in [1.82, 2.24) is 9.88 Å². The third-order valence-corrected chi connectivity index (χ3v) is 5.05. The average Bonchev–Trinajstić information content (AvgIpc) is 3.14. The molecule has 2 heterocycles. The number of fused-ring (bicyclic) bond motifs is 1. The van der Waals surface area contributed by atoms with Crippen LogP contribution in [0, 0.1) is 6.92 Å². The molecule has 1 aliphatic rings. The number of aryl methyl sites for hydroxylation is 1. The van der Waals surface area contributed by atoms with Crippen molar-refractivity contribution in [2.75, 3.05) is 19.6 Å². The summed E-state index contributed by atoms with van der Waals surface area (Å²) in [5, 5.41) is 0. The lowest BCUT2D eigenvalue weighted by atomic mass is 10.0. The Hall–Kier alpha value is -1.33. The van der Waals surface area contributed by atoms with Crippen molar-refractivity contribution in [2.45, 2.75) is 53.4 Å². The van der Waals surface area contributed by atoms with Gasteiger partial charge in [0.1, 0.15) is 11.9 Å². The lowest BCUT2D eigenvalue weighted by Gasteiger charge is -2.25. The summed E-state index contributed by atoms with van der Waals surface area (Å²) in [6, 6.07) is 10.5. The highest BCUT2D eigenvalue weighted by Gasteiger charge is 2.25. The van der Waals surface area contributed by atoms with E-state index in [9.17, 15) is 0 Å². The lowest BCUT2D eigenvalue weighted by Crippen LogP contribution is -2.34. The lowest BCUT2D eigenvalue weighted by molar-refractivity contribution is 0.127. The molecule has 0 fully saturated rings. The summed E-state index contributed by atoms with van der Waals surface area (Å²) in [6.45, 7) is 12.8. The minimum absolute atomic E-state index is 0. The SMILES string of the molecule is CCN(CC)CC(C)Oc1c(C)nc(Cc2ccccc2)c2c1COC2.Cl.Cl. The van der Waals surface area contributed by atoms with E-state index in [-0.39, 0.29) is 30.9 Å². The minimum Gasteiger partial charge on any atom is -0.487 e. The highest BCUT2D eigenvalue weighted by molar-refractivity contribution is 5.85. The molecule has 0 amide bonds. The first-order chi connectivity index (χ1) is 12.6. The maximum atomic E-state index is 6.34. The van der Waals surface area contributed by atoms with Gasteiger partial charge in [-0.05, 0) is 32.5 Å². The highest BCUT2D eigenvalue weighted by atomic mass is 35.5. The second-order valence-electron chi connectivity index (χ2n) is 7.00. The molecule has 0 bridgehead atoms. The van der Waals surface area contributed by atoms with Crippen LogP contribution in [0.5, 0.6) is 5.75 Å². The summed E-state index contributed by atoms with van der Waals surface area (Å²) in [6.07, 6.45) is 0.961. The van der Waals surface area contributed by atoms with E-state index in [1.807, 2.05) is 13.0 Å². The number of hydrogen-bond donors (Lipinski definition) is 0. The summed E-state index contributed by atoms with van der Waals surface area (Å²) in [5.41, 5.74) is 5.76. The zero-order valence-corrected chi connectivity index (χ0v) is 18.9. The van der Waals surface area contributed by atoms with Crippen molar-refractivity contribution in [3.63, 3.8) is 0 Å². The second kappa shape index (κ2) is 11.6. The molecule has 1 aromatic heterocycles. The number of ether oxygens (including phenoxy) is 2. The van der Waals surface area contributed by atoms with Crippen molar-refractivity contribution in [3.05, 3.63) is 58.4 Å². The highest BCUT2D eigenvalue weighted by Crippen LogP contribution is 2.34. The van der Waals surface area contributed by atoms with Gasteiger partial charge in [-0.3, -0.25) is 4.98 Å². The fourth-order valence-corrected chi connectivity index (χ4v) is 3.60. The van der Waals surface area contributed by atoms with Crippen LogP contribution in [0.1, 0.15) is 48.8 Å². The van der Waals surface area contributed by atoms with Gasteiger partial charge in [0.25, 0.3) is 0 Å². The molecule has 6 heteroatoms.